The zero-order valence-corrected chi connectivity index (χ0v) is 24.1. The van der Waals surface area contributed by atoms with Gasteiger partial charge in [-0.2, -0.15) is 0 Å². The molecule has 1 amide bonds. The number of carbonyl (C=O) groups is 1. The molecule has 15 heteroatoms. The molecule has 4 N–H and O–H groups in total. The van der Waals surface area contributed by atoms with Crippen molar-refractivity contribution in [3.63, 3.8) is 0 Å². The normalized spacial score (nSPS) is 18.9. The summed E-state index contributed by atoms with van der Waals surface area (Å²) in [6, 6.07) is 6.87. The Hall–Kier alpha value is -4.04. The lowest BCUT2D eigenvalue weighted by Crippen LogP contribution is -2.37. The molecule has 3 aromatic rings. The highest BCUT2D eigenvalue weighted by molar-refractivity contribution is 7.92. The molecule has 1 aliphatic carbocycles. The first-order chi connectivity index (χ1) is 20.0. The van der Waals surface area contributed by atoms with Crippen LogP contribution in [-0.4, -0.2) is 50.0 Å². The second-order valence-electron chi connectivity index (χ2n) is 10.00. The van der Waals surface area contributed by atoms with Gasteiger partial charge in [0.15, 0.2) is 5.82 Å². The van der Waals surface area contributed by atoms with Gasteiger partial charge >= 0.3 is 6.09 Å². The zero-order chi connectivity index (χ0) is 30.0. The molecular weight excluding hydrogens is 592 g/mol. The number of hydrogen-bond acceptors (Lipinski definition) is 9. The molecule has 0 saturated heterocycles. The largest absolute Gasteiger partial charge is 0.453 e. The van der Waals surface area contributed by atoms with Crippen LogP contribution in [0.25, 0.3) is 0 Å². The number of halogens is 3. The SMILES string of the molecule is COC(=O)N[C@@H](C)CNc1nccc(C2N=C(C3CC3)NC2c2cc(Cl)cc(NS(=O)(=O)c3cccc(F)c3)c2F)n1. The fourth-order valence-corrected chi connectivity index (χ4v) is 5.80. The Bertz CT molecular complexity index is 1640. The first-order valence-corrected chi connectivity index (χ1v) is 14.9. The number of aromatic nitrogens is 2. The lowest BCUT2D eigenvalue weighted by Gasteiger charge is -2.22. The van der Waals surface area contributed by atoms with Crippen molar-refractivity contribution in [2.24, 2.45) is 10.9 Å². The van der Waals surface area contributed by atoms with Crippen molar-refractivity contribution >= 4 is 45.2 Å². The number of hydrogen-bond donors (Lipinski definition) is 4. The summed E-state index contributed by atoms with van der Waals surface area (Å²) < 4.78 is 62.4. The number of sulfonamides is 1. The zero-order valence-electron chi connectivity index (χ0n) is 22.6. The highest BCUT2D eigenvalue weighted by Crippen LogP contribution is 2.43. The van der Waals surface area contributed by atoms with Crippen molar-refractivity contribution in [2.45, 2.75) is 42.8 Å². The quantitative estimate of drug-likeness (QED) is 0.258. The number of rotatable bonds is 10. The van der Waals surface area contributed by atoms with Gasteiger partial charge in [-0.3, -0.25) is 9.71 Å². The molecule has 0 spiro atoms. The standard InChI is InChI=1S/C27H28ClF2N7O4S/c1-14(33-27(38)41-2)13-32-26-31-9-8-20(34-26)24-23(35-25(36-24)15-6-7-15)19-10-16(28)11-21(22(19)30)37-42(39,40)18-5-3-4-17(29)12-18/h3-5,8-12,14-15,23-24,37H,6-7,13H2,1-2H3,(H,33,38)(H,35,36)(H,31,32,34)/t14-,23?,24?/m0/s1. The van der Waals surface area contributed by atoms with Crippen LogP contribution in [0.3, 0.4) is 0 Å². The summed E-state index contributed by atoms with van der Waals surface area (Å²) in [5, 5.41) is 9.07. The number of nitrogens with one attached hydrogen (secondary N) is 4. The fraction of sp³-hybridized carbons (Fsp3) is 0.333. The molecule has 1 fully saturated rings. The van der Waals surface area contributed by atoms with Crippen LogP contribution in [0.15, 0.2) is 58.5 Å². The molecule has 222 valence electrons. The van der Waals surface area contributed by atoms with Crippen LogP contribution in [0.2, 0.25) is 5.02 Å². The topological polar surface area (TPSA) is 147 Å². The van der Waals surface area contributed by atoms with Crippen molar-refractivity contribution in [3.8, 4) is 0 Å². The summed E-state index contributed by atoms with van der Waals surface area (Å²) in [6.07, 6.45) is 2.84. The van der Waals surface area contributed by atoms with Crippen LogP contribution < -0.4 is 20.7 Å². The minimum Gasteiger partial charge on any atom is -0.453 e. The minimum atomic E-state index is -4.32. The lowest BCUT2D eigenvalue weighted by atomic mass is 9.97. The molecule has 1 saturated carbocycles. The molecule has 11 nitrogen and oxygen atoms in total. The van der Waals surface area contributed by atoms with Crippen molar-refractivity contribution in [3.05, 3.63) is 76.6 Å². The molecule has 1 aliphatic heterocycles. The smallest absolute Gasteiger partial charge is 0.407 e. The number of amidine groups is 1. The Morgan fingerprint density at radius 2 is 2.00 bits per heavy atom. The van der Waals surface area contributed by atoms with Crippen molar-refractivity contribution < 1.29 is 26.7 Å². The molecule has 2 unspecified atom stereocenters. The Morgan fingerprint density at radius 1 is 1.21 bits per heavy atom. The summed E-state index contributed by atoms with van der Waals surface area (Å²) >= 11 is 6.35. The molecule has 0 radical (unpaired) electrons. The number of aliphatic imine (C=N–C) groups is 1. The first kappa shape index (κ1) is 29.5. The van der Waals surface area contributed by atoms with Crippen LogP contribution in [0.1, 0.15) is 43.1 Å². The maximum absolute atomic E-state index is 16.0. The fourth-order valence-electron chi connectivity index (χ4n) is 4.49. The highest BCUT2D eigenvalue weighted by Gasteiger charge is 2.40. The lowest BCUT2D eigenvalue weighted by molar-refractivity contribution is 0.168. The molecule has 5 rings (SSSR count). The van der Waals surface area contributed by atoms with Gasteiger partial charge in [-0.25, -0.2) is 32.0 Å². The Labute approximate surface area is 246 Å². The minimum absolute atomic E-state index is 0.0767. The molecule has 0 bridgehead atoms. The van der Waals surface area contributed by atoms with Gasteiger partial charge in [0.1, 0.15) is 17.7 Å². The molecule has 3 atom stereocenters. The number of anilines is 2. The van der Waals surface area contributed by atoms with E-state index in [1.807, 2.05) is 0 Å². The van der Waals surface area contributed by atoms with E-state index in [0.717, 1.165) is 31.0 Å². The van der Waals surface area contributed by atoms with Gasteiger partial charge in [-0.05, 0) is 56.2 Å². The Balaban J connectivity index is 1.43. The number of ether oxygens (including phenoxy) is 1. The molecular formula is C27H28ClF2N7O4S. The van der Waals surface area contributed by atoms with E-state index >= 15 is 4.39 Å². The Kier molecular flexibility index (Phi) is 8.45. The van der Waals surface area contributed by atoms with E-state index in [2.05, 4.69) is 35.4 Å². The second-order valence-corrected chi connectivity index (χ2v) is 12.1. The van der Waals surface area contributed by atoms with Crippen molar-refractivity contribution in [1.29, 1.82) is 0 Å². The molecule has 2 aromatic carbocycles. The van der Waals surface area contributed by atoms with Crippen LogP contribution >= 0.6 is 11.6 Å². The number of amides is 1. The van der Waals surface area contributed by atoms with E-state index in [0.29, 0.717) is 18.1 Å². The summed E-state index contributed by atoms with van der Waals surface area (Å²) in [6.45, 7) is 2.08. The van der Waals surface area contributed by atoms with Gasteiger partial charge in [-0.1, -0.05) is 17.7 Å². The maximum atomic E-state index is 16.0. The number of benzene rings is 2. The van der Waals surface area contributed by atoms with E-state index in [1.54, 1.807) is 13.0 Å². The van der Waals surface area contributed by atoms with E-state index in [1.165, 1.54) is 31.5 Å². The maximum Gasteiger partial charge on any atom is 0.407 e. The number of nitrogens with zero attached hydrogens (tertiary/aromatic N) is 3. The van der Waals surface area contributed by atoms with Gasteiger partial charge in [0.25, 0.3) is 10.0 Å². The second kappa shape index (κ2) is 12.1. The Morgan fingerprint density at radius 3 is 2.71 bits per heavy atom. The number of methoxy groups -OCH3 is 1. The van der Waals surface area contributed by atoms with Crippen molar-refractivity contribution in [1.82, 2.24) is 20.6 Å². The summed E-state index contributed by atoms with van der Waals surface area (Å²) in [5.74, 6) is -0.425. The predicted octanol–water partition coefficient (Wildman–Crippen LogP) is 4.56. The predicted molar refractivity (Wildman–Crippen MR) is 153 cm³/mol. The molecule has 2 aliphatic rings. The third kappa shape index (κ3) is 6.71. The van der Waals surface area contributed by atoms with Gasteiger partial charge in [-0.15, -0.1) is 0 Å². The average molecular weight is 620 g/mol. The van der Waals surface area contributed by atoms with Crippen molar-refractivity contribution in [2.75, 3.05) is 23.7 Å². The third-order valence-electron chi connectivity index (χ3n) is 6.71. The molecule has 2 heterocycles. The number of carbonyl (C=O) groups excluding carboxylic acids is 1. The van der Waals surface area contributed by atoms with Gasteiger partial charge in [0.2, 0.25) is 5.95 Å². The monoisotopic (exact) mass is 619 g/mol. The van der Waals surface area contributed by atoms with Crippen LogP contribution in [0.4, 0.5) is 25.2 Å². The van der Waals surface area contributed by atoms with Crippen LogP contribution in [-0.2, 0) is 14.8 Å². The average Bonchev–Trinajstić information content (AvgIpc) is 3.72. The first-order valence-electron chi connectivity index (χ1n) is 13.1. The van der Waals surface area contributed by atoms with Gasteiger partial charge < -0.3 is 20.7 Å². The number of alkyl carbamates (subject to hydrolysis) is 1. The summed E-state index contributed by atoms with van der Waals surface area (Å²) in [7, 11) is -3.05. The molecule has 42 heavy (non-hydrogen) atoms. The third-order valence-corrected chi connectivity index (χ3v) is 8.29. The van der Waals surface area contributed by atoms with Crippen LogP contribution in [0, 0.1) is 17.6 Å². The van der Waals surface area contributed by atoms with E-state index < -0.39 is 39.8 Å². The van der Waals surface area contributed by atoms with Gasteiger partial charge in [0.05, 0.1) is 29.4 Å². The van der Waals surface area contributed by atoms with E-state index in [-0.39, 0.29) is 39.1 Å². The summed E-state index contributed by atoms with van der Waals surface area (Å²) in [4.78, 5) is 24.7. The van der Waals surface area contributed by atoms with Crippen LogP contribution in [0.5, 0.6) is 0 Å². The highest BCUT2D eigenvalue weighted by atomic mass is 35.5. The molecule has 1 aromatic heterocycles. The summed E-state index contributed by atoms with van der Waals surface area (Å²) in [5.41, 5.74) is 0.169. The van der Waals surface area contributed by atoms with E-state index in [9.17, 15) is 17.6 Å². The van der Waals surface area contributed by atoms with Gasteiger partial charge in [0, 0.05) is 35.3 Å². The van der Waals surface area contributed by atoms with E-state index in [4.69, 9.17) is 16.6 Å².